The average molecular weight is 841 g/mol. The molecule has 0 saturated carbocycles. The molecule has 0 atom stereocenters. The Morgan fingerprint density at radius 2 is 0.557 bits per heavy atom. The molecule has 0 aliphatic heterocycles. The predicted octanol–water partition coefficient (Wildman–Crippen LogP) is 10.1. The van der Waals surface area contributed by atoms with E-state index in [9.17, 15) is 45.5 Å². The third-order valence-electron chi connectivity index (χ3n) is 9.38. The number of carbonyl (C=O) groups excluding carboxylic acids is 4. The Hall–Kier alpha value is -7.22. The van der Waals surface area contributed by atoms with Crippen LogP contribution >= 0.6 is 0 Å². The zero-order chi connectivity index (χ0) is 43.6. The van der Waals surface area contributed by atoms with Crippen molar-refractivity contribution < 1.29 is 64.5 Å². The summed E-state index contributed by atoms with van der Waals surface area (Å²) in [6.07, 6.45) is -11.6. The lowest BCUT2D eigenvalue weighted by Crippen LogP contribution is -2.54. The van der Waals surface area contributed by atoms with Gasteiger partial charge in [-0.2, -0.15) is 26.3 Å². The molecule has 0 fully saturated rings. The summed E-state index contributed by atoms with van der Waals surface area (Å²) in [7, 11) is 0. The largest absolute Gasteiger partial charge is 0.490 e. The summed E-state index contributed by atoms with van der Waals surface area (Å²) in [5.41, 5.74) is -5.79. The van der Waals surface area contributed by atoms with Crippen LogP contribution in [0.1, 0.15) is 52.6 Å². The number of Topliss-reactive ketones (excluding diaryl/α,β-unsaturated/α-hetero) is 4. The molecule has 0 bridgehead atoms. The summed E-state index contributed by atoms with van der Waals surface area (Å²) < 4.78 is 111. The fourth-order valence-corrected chi connectivity index (χ4v) is 6.33. The van der Waals surface area contributed by atoms with E-state index in [0.29, 0.717) is 35.8 Å². The van der Waals surface area contributed by atoms with Gasteiger partial charge in [-0.3, -0.25) is 19.2 Å². The summed E-state index contributed by atoms with van der Waals surface area (Å²) in [6, 6.07) is 34.4. The van der Waals surface area contributed by atoms with Crippen LogP contribution in [0.25, 0.3) is 0 Å². The van der Waals surface area contributed by atoms with Crippen molar-refractivity contribution in [2.75, 3.05) is 26.4 Å². The van der Waals surface area contributed by atoms with Crippen molar-refractivity contribution in [2.24, 2.45) is 0 Å². The predicted molar refractivity (Wildman–Crippen MR) is 211 cm³/mol. The molecule has 0 radical (unpaired) electrons. The molecule has 0 saturated heterocycles. The maximum atomic E-state index is 14.7. The first-order valence-electron chi connectivity index (χ1n) is 18.5. The molecule has 6 aromatic carbocycles. The van der Waals surface area contributed by atoms with Crippen molar-refractivity contribution in [1.29, 1.82) is 0 Å². The molecule has 8 nitrogen and oxygen atoms in total. The smallest absolute Gasteiger partial charge is 0.411 e. The maximum Gasteiger partial charge on any atom is 0.411 e. The minimum Gasteiger partial charge on any atom is -0.490 e. The Kier molecular flexibility index (Phi) is 13.4. The quantitative estimate of drug-likeness (QED) is 0.0365. The van der Waals surface area contributed by atoms with Crippen molar-refractivity contribution in [2.45, 2.75) is 17.8 Å². The van der Waals surface area contributed by atoms with Gasteiger partial charge in [0.25, 0.3) is 0 Å². The zero-order valence-corrected chi connectivity index (χ0v) is 31.9. The summed E-state index contributed by atoms with van der Waals surface area (Å²) in [5.74, 6) is -2.13. The van der Waals surface area contributed by atoms with E-state index < -0.39 is 52.0 Å². The first kappa shape index (κ1) is 43.4. The highest BCUT2D eigenvalue weighted by Gasteiger charge is 2.72. The summed E-state index contributed by atoms with van der Waals surface area (Å²) in [6.45, 7) is -0.399. The van der Waals surface area contributed by atoms with Crippen LogP contribution in [-0.4, -0.2) is 61.9 Å². The van der Waals surface area contributed by atoms with Gasteiger partial charge in [0.1, 0.15) is 49.4 Å². The maximum absolute atomic E-state index is 14.7. The van der Waals surface area contributed by atoms with Crippen molar-refractivity contribution >= 4 is 23.1 Å². The third kappa shape index (κ3) is 9.98. The van der Waals surface area contributed by atoms with Crippen LogP contribution in [0.4, 0.5) is 26.3 Å². The monoisotopic (exact) mass is 840 g/mol. The number of hydrogen-bond acceptors (Lipinski definition) is 8. The van der Waals surface area contributed by atoms with Gasteiger partial charge < -0.3 is 18.9 Å². The van der Waals surface area contributed by atoms with Gasteiger partial charge in [0, 0.05) is 22.3 Å². The second-order valence-corrected chi connectivity index (χ2v) is 13.3. The fourth-order valence-electron chi connectivity index (χ4n) is 6.33. The SMILES string of the molecule is O=C(C(=O)c1ccc(OCCOc2ccc(C(c3ccc(OCCOc4ccc(C(=O)C(=O)c5ccccc5)cc4)cc3)(C(F)(F)F)C(F)(F)F)cc2)cc1)c1ccccc1. The number of benzene rings is 6. The molecular formula is C47H34F6O8. The van der Waals surface area contributed by atoms with Crippen LogP contribution < -0.4 is 18.9 Å². The zero-order valence-electron chi connectivity index (χ0n) is 31.9. The van der Waals surface area contributed by atoms with Crippen LogP contribution in [0.3, 0.4) is 0 Å². The van der Waals surface area contributed by atoms with E-state index in [1.807, 2.05) is 0 Å². The minimum atomic E-state index is -5.82. The minimum absolute atomic E-state index is 0.0143. The molecular weight excluding hydrogens is 806 g/mol. The van der Waals surface area contributed by atoms with Gasteiger partial charge in [-0.25, -0.2) is 0 Å². The van der Waals surface area contributed by atoms with Crippen molar-refractivity contribution in [1.82, 2.24) is 0 Å². The number of rotatable bonds is 18. The summed E-state index contributed by atoms with van der Waals surface area (Å²) >= 11 is 0. The number of carbonyl (C=O) groups is 4. The molecule has 0 heterocycles. The first-order chi connectivity index (χ1) is 29.2. The number of ketones is 4. The molecule has 0 amide bonds. The molecule has 6 rings (SSSR count). The van der Waals surface area contributed by atoms with Gasteiger partial charge in [0.2, 0.25) is 28.5 Å². The number of halogens is 6. The normalized spacial score (nSPS) is 11.6. The first-order valence-corrected chi connectivity index (χ1v) is 18.5. The van der Waals surface area contributed by atoms with Gasteiger partial charge in [-0.1, -0.05) is 84.9 Å². The van der Waals surface area contributed by atoms with Crippen LogP contribution in [0.5, 0.6) is 23.0 Å². The summed E-state index contributed by atoms with van der Waals surface area (Å²) in [5, 5.41) is 0. The van der Waals surface area contributed by atoms with Crippen molar-refractivity contribution in [3.05, 3.63) is 191 Å². The Morgan fingerprint density at radius 3 is 0.803 bits per heavy atom. The summed E-state index contributed by atoms with van der Waals surface area (Å²) in [4.78, 5) is 50.0. The highest BCUT2D eigenvalue weighted by atomic mass is 19.4. The lowest BCUT2D eigenvalue weighted by molar-refractivity contribution is -0.288. The van der Waals surface area contributed by atoms with E-state index in [0.717, 1.165) is 24.3 Å². The van der Waals surface area contributed by atoms with Crippen LogP contribution in [0.2, 0.25) is 0 Å². The lowest BCUT2D eigenvalue weighted by Gasteiger charge is -2.38. The third-order valence-corrected chi connectivity index (χ3v) is 9.38. The van der Waals surface area contributed by atoms with Gasteiger partial charge in [0.15, 0.2) is 0 Å². The standard InChI is InChI=1S/C47H34F6O8/c48-46(49,50)45(47(51,52)53,35-15-23-39(24-16-35)60-29-27-58-37-19-11-33(12-20-37)43(56)41(54)31-7-3-1-4-8-31)36-17-25-40(26-18-36)61-30-28-59-38-21-13-34(14-22-38)44(57)42(55)32-9-5-2-6-10-32/h1-26H,27-30H2. The van der Waals surface area contributed by atoms with Crippen LogP contribution in [0, 0.1) is 0 Å². The molecule has 0 aromatic heterocycles. The molecule has 0 aliphatic rings. The Morgan fingerprint density at radius 1 is 0.328 bits per heavy atom. The molecule has 14 heteroatoms. The average Bonchev–Trinajstić information content (AvgIpc) is 3.27. The highest BCUT2D eigenvalue weighted by molar-refractivity contribution is 6.49. The number of ether oxygens (including phenoxy) is 4. The van der Waals surface area contributed by atoms with E-state index in [1.54, 1.807) is 36.4 Å². The van der Waals surface area contributed by atoms with E-state index >= 15 is 0 Å². The molecule has 61 heavy (non-hydrogen) atoms. The lowest BCUT2D eigenvalue weighted by atomic mass is 9.73. The van der Waals surface area contributed by atoms with Crippen molar-refractivity contribution in [3.63, 3.8) is 0 Å². The Bertz CT molecular complexity index is 2260. The molecule has 0 spiro atoms. The van der Waals surface area contributed by atoms with Gasteiger partial charge in [-0.15, -0.1) is 0 Å². The van der Waals surface area contributed by atoms with E-state index in [1.165, 1.54) is 72.8 Å². The second-order valence-electron chi connectivity index (χ2n) is 13.3. The van der Waals surface area contributed by atoms with E-state index in [4.69, 9.17) is 18.9 Å². The van der Waals surface area contributed by atoms with Gasteiger partial charge >= 0.3 is 12.4 Å². The number of hydrogen-bond donors (Lipinski definition) is 0. The van der Waals surface area contributed by atoms with E-state index in [2.05, 4.69) is 0 Å². The topological polar surface area (TPSA) is 105 Å². The second kappa shape index (κ2) is 18.8. The Labute approximate surface area is 345 Å². The fraction of sp³-hybridized carbons (Fsp3) is 0.149. The molecule has 0 N–H and O–H groups in total. The van der Waals surface area contributed by atoms with Crippen LogP contribution in [0.15, 0.2) is 158 Å². The van der Waals surface area contributed by atoms with E-state index in [-0.39, 0.29) is 60.2 Å². The van der Waals surface area contributed by atoms with Crippen LogP contribution in [-0.2, 0) is 5.41 Å². The highest BCUT2D eigenvalue weighted by Crippen LogP contribution is 2.56. The molecule has 0 aliphatic carbocycles. The number of alkyl halides is 6. The van der Waals surface area contributed by atoms with Crippen molar-refractivity contribution in [3.8, 4) is 23.0 Å². The van der Waals surface area contributed by atoms with Gasteiger partial charge in [-0.05, 0) is 83.9 Å². The molecule has 6 aromatic rings. The van der Waals surface area contributed by atoms with Gasteiger partial charge in [0.05, 0.1) is 0 Å². The molecule has 0 unspecified atom stereocenters. The molecule has 312 valence electrons. The Balaban J connectivity index is 1.03.